The van der Waals surface area contributed by atoms with Crippen molar-refractivity contribution in [3.8, 4) is 0 Å². The number of esters is 1. The van der Waals surface area contributed by atoms with Gasteiger partial charge in [-0.15, -0.1) is 0 Å². The summed E-state index contributed by atoms with van der Waals surface area (Å²) in [4.78, 5) is 41.8. The minimum absolute atomic E-state index is 0.100. The molecule has 0 atom stereocenters. The molecule has 28 heavy (non-hydrogen) atoms. The third-order valence-electron chi connectivity index (χ3n) is 4.95. The van der Waals surface area contributed by atoms with Crippen molar-refractivity contribution in [2.24, 2.45) is 5.92 Å². The number of aromatic amines is 1. The number of hydrogen-bond acceptors (Lipinski definition) is 4. The van der Waals surface area contributed by atoms with Crippen molar-refractivity contribution in [1.29, 1.82) is 0 Å². The van der Waals surface area contributed by atoms with E-state index >= 15 is 0 Å². The lowest BCUT2D eigenvalue weighted by Crippen LogP contribution is -2.54. The van der Waals surface area contributed by atoms with Crippen LogP contribution < -0.4 is 5.32 Å². The van der Waals surface area contributed by atoms with Crippen LogP contribution in [0.3, 0.4) is 0 Å². The average molecular weight is 377 g/mol. The number of para-hydroxylation sites is 2. The van der Waals surface area contributed by atoms with Gasteiger partial charge in [0.1, 0.15) is 0 Å². The molecule has 0 radical (unpaired) electrons. The van der Waals surface area contributed by atoms with Crippen LogP contribution in [0.4, 0.5) is 5.69 Å². The fourth-order valence-corrected chi connectivity index (χ4v) is 3.34. The van der Waals surface area contributed by atoms with Crippen LogP contribution in [0.1, 0.15) is 20.7 Å². The lowest BCUT2D eigenvalue weighted by atomic mass is 9.97. The summed E-state index contributed by atoms with van der Waals surface area (Å²) in [5.74, 6) is -1.16. The van der Waals surface area contributed by atoms with Crippen LogP contribution in [0.2, 0.25) is 0 Å². The average Bonchev–Trinajstić information content (AvgIpc) is 3.10. The molecular formula is C21H19N3O4. The van der Waals surface area contributed by atoms with E-state index in [2.05, 4.69) is 10.3 Å². The molecule has 4 rings (SSSR count). The lowest BCUT2D eigenvalue weighted by molar-refractivity contribution is -0.123. The summed E-state index contributed by atoms with van der Waals surface area (Å²) >= 11 is 0. The molecule has 7 nitrogen and oxygen atoms in total. The van der Waals surface area contributed by atoms with Crippen LogP contribution in [-0.4, -0.2) is 47.9 Å². The Morgan fingerprint density at radius 1 is 1.04 bits per heavy atom. The number of nitrogens with zero attached hydrogens (tertiary/aromatic N) is 1. The summed E-state index contributed by atoms with van der Waals surface area (Å²) in [7, 11) is 1.29. The number of H-pyrrole nitrogens is 1. The highest BCUT2D eigenvalue weighted by Crippen LogP contribution is 2.25. The number of carbonyl (C=O) groups excluding carboxylic acids is 3. The van der Waals surface area contributed by atoms with Crippen molar-refractivity contribution in [2.45, 2.75) is 0 Å². The van der Waals surface area contributed by atoms with E-state index in [1.54, 1.807) is 35.4 Å². The maximum absolute atomic E-state index is 12.7. The number of likely N-dealkylation sites (tertiary alicyclic amines) is 1. The van der Waals surface area contributed by atoms with Gasteiger partial charge in [0.15, 0.2) is 0 Å². The van der Waals surface area contributed by atoms with Crippen LogP contribution >= 0.6 is 0 Å². The summed E-state index contributed by atoms with van der Waals surface area (Å²) in [5, 5.41) is 3.64. The second-order valence-corrected chi connectivity index (χ2v) is 6.68. The van der Waals surface area contributed by atoms with Crippen molar-refractivity contribution in [1.82, 2.24) is 9.88 Å². The Labute approximate surface area is 161 Å². The topological polar surface area (TPSA) is 91.5 Å². The number of rotatable bonds is 4. The zero-order chi connectivity index (χ0) is 19.7. The molecule has 1 fully saturated rings. The summed E-state index contributed by atoms with van der Waals surface area (Å²) in [6, 6.07) is 14.3. The molecule has 2 aromatic carbocycles. The first-order valence-electron chi connectivity index (χ1n) is 8.92. The van der Waals surface area contributed by atoms with Gasteiger partial charge in [-0.2, -0.15) is 0 Å². The highest BCUT2D eigenvalue weighted by atomic mass is 16.5. The Morgan fingerprint density at radius 3 is 2.54 bits per heavy atom. The van der Waals surface area contributed by atoms with E-state index < -0.39 is 5.97 Å². The largest absolute Gasteiger partial charge is 0.465 e. The van der Waals surface area contributed by atoms with E-state index in [-0.39, 0.29) is 17.7 Å². The Balaban J connectivity index is 1.41. The van der Waals surface area contributed by atoms with Gasteiger partial charge in [-0.05, 0) is 18.2 Å². The van der Waals surface area contributed by atoms with E-state index in [0.29, 0.717) is 29.9 Å². The first-order chi connectivity index (χ1) is 13.6. The zero-order valence-electron chi connectivity index (χ0n) is 15.3. The summed E-state index contributed by atoms with van der Waals surface area (Å²) < 4.78 is 4.74. The van der Waals surface area contributed by atoms with Gasteiger partial charge in [0.25, 0.3) is 5.91 Å². The van der Waals surface area contributed by atoms with Crippen LogP contribution in [0.25, 0.3) is 10.9 Å². The third-order valence-corrected chi connectivity index (χ3v) is 4.95. The quantitative estimate of drug-likeness (QED) is 0.684. The fourth-order valence-electron chi connectivity index (χ4n) is 3.34. The van der Waals surface area contributed by atoms with Crippen LogP contribution in [0.15, 0.2) is 54.7 Å². The standard InChI is InChI=1S/C21H19N3O4/c1-28-21(27)15-7-3-5-9-18(15)23-19(25)13-11-24(12-13)20(26)16-10-22-17-8-4-2-6-14(16)17/h2-10,13,22H,11-12H2,1H3,(H,23,25). The number of hydrogen-bond donors (Lipinski definition) is 2. The SMILES string of the molecule is COC(=O)c1ccccc1NC(=O)C1CN(C(=O)c2c[nH]c3ccccc23)C1. The molecule has 3 aromatic rings. The number of amides is 2. The van der Waals surface area contributed by atoms with Gasteiger partial charge in [-0.25, -0.2) is 4.79 Å². The maximum Gasteiger partial charge on any atom is 0.339 e. The van der Waals surface area contributed by atoms with E-state index in [4.69, 9.17) is 4.74 Å². The Kier molecular flexibility index (Phi) is 4.57. The first-order valence-corrected chi connectivity index (χ1v) is 8.92. The van der Waals surface area contributed by atoms with Crippen molar-refractivity contribution < 1.29 is 19.1 Å². The molecule has 0 spiro atoms. The summed E-state index contributed by atoms with van der Waals surface area (Å²) in [6.45, 7) is 0.676. The predicted octanol–water partition coefficient (Wildman–Crippen LogP) is 2.67. The van der Waals surface area contributed by atoms with Gasteiger partial charge >= 0.3 is 5.97 Å². The van der Waals surface area contributed by atoms with Crippen molar-refractivity contribution in [3.63, 3.8) is 0 Å². The maximum atomic E-state index is 12.7. The molecule has 0 saturated carbocycles. The molecule has 0 aliphatic carbocycles. The van der Waals surface area contributed by atoms with E-state index in [9.17, 15) is 14.4 Å². The number of anilines is 1. The molecular weight excluding hydrogens is 358 g/mol. The number of benzene rings is 2. The molecule has 1 aromatic heterocycles. The summed E-state index contributed by atoms with van der Waals surface area (Å²) in [5.41, 5.74) is 2.20. The highest BCUT2D eigenvalue weighted by molar-refractivity contribution is 6.08. The Hall–Kier alpha value is -3.61. The molecule has 7 heteroatoms. The fraction of sp³-hybridized carbons (Fsp3) is 0.190. The number of carbonyl (C=O) groups is 3. The van der Waals surface area contributed by atoms with Crippen LogP contribution in [-0.2, 0) is 9.53 Å². The molecule has 2 N–H and O–H groups in total. The number of ether oxygens (including phenoxy) is 1. The molecule has 142 valence electrons. The second-order valence-electron chi connectivity index (χ2n) is 6.68. The smallest absolute Gasteiger partial charge is 0.339 e. The monoisotopic (exact) mass is 377 g/mol. The number of methoxy groups -OCH3 is 1. The van der Waals surface area contributed by atoms with Gasteiger partial charge < -0.3 is 19.9 Å². The second kappa shape index (κ2) is 7.19. The van der Waals surface area contributed by atoms with Crippen molar-refractivity contribution >= 4 is 34.4 Å². The first kappa shape index (κ1) is 17.8. The number of fused-ring (bicyclic) bond motifs is 1. The van der Waals surface area contributed by atoms with Crippen molar-refractivity contribution in [3.05, 3.63) is 65.9 Å². The van der Waals surface area contributed by atoms with Gasteiger partial charge in [-0.1, -0.05) is 30.3 Å². The van der Waals surface area contributed by atoms with Crippen molar-refractivity contribution in [2.75, 3.05) is 25.5 Å². The molecule has 0 bridgehead atoms. The van der Waals surface area contributed by atoms with Crippen LogP contribution in [0, 0.1) is 5.92 Å². The lowest BCUT2D eigenvalue weighted by Gasteiger charge is -2.38. The molecule has 1 saturated heterocycles. The molecule has 1 aliphatic heterocycles. The Morgan fingerprint density at radius 2 is 1.75 bits per heavy atom. The predicted molar refractivity (Wildman–Crippen MR) is 104 cm³/mol. The third kappa shape index (κ3) is 3.11. The molecule has 1 aliphatic rings. The molecule has 0 unspecified atom stereocenters. The van der Waals surface area contributed by atoms with Gasteiger partial charge in [0, 0.05) is 30.2 Å². The minimum atomic E-state index is -0.513. The van der Waals surface area contributed by atoms with Gasteiger partial charge in [0.05, 0.1) is 29.8 Å². The van der Waals surface area contributed by atoms with Crippen LogP contribution in [0.5, 0.6) is 0 Å². The highest BCUT2D eigenvalue weighted by Gasteiger charge is 2.37. The number of aromatic nitrogens is 1. The normalized spacial score (nSPS) is 13.8. The zero-order valence-corrected chi connectivity index (χ0v) is 15.3. The molecule has 2 amide bonds. The van der Waals surface area contributed by atoms with Gasteiger partial charge in [-0.3, -0.25) is 9.59 Å². The van der Waals surface area contributed by atoms with E-state index in [1.807, 2.05) is 24.3 Å². The number of nitrogens with one attached hydrogen (secondary N) is 2. The van der Waals surface area contributed by atoms with E-state index in [0.717, 1.165) is 10.9 Å². The molecule has 2 heterocycles. The van der Waals surface area contributed by atoms with Gasteiger partial charge in [0.2, 0.25) is 5.91 Å². The summed E-state index contributed by atoms with van der Waals surface area (Å²) in [6.07, 6.45) is 1.70. The van der Waals surface area contributed by atoms with E-state index in [1.165, 1.54) is 7.11 Å². The minimum Gasteiger partial charge on any atom is -0.465 e. The Bertz CT molecular complexity index is 1070.